The first-order chi connectivity index (χ1) is 9.21. The van der Waals surface area contributed by atoms with Gasteiger partial charge in [0.05, 0.1) is 7.11 Å². The standard InChI is InChI=1S/C13H13N5O/c1-19-10-4-2-3-9(5-10)6-13(14)11-12(16-7-15-11)17-8-18-13/h2-5,7-8H,6,14H2,1H3. The SMILES string of the molecule is COc1cccc(CC2(N)N=CN=C3N=CN=C32)c1. The number of amidine groups is 1. The Kier molecular flexibility index (Phi) is 2.72. The van der Waals surface area contributed by atoms with E-state index in [2.05, 4.69) is 20.0 Å². The number of methoxy groups -OCH3 is 1. The lowest BCUT2D eigenvalue weighted by Gasteiger charge is -2.26. The monoisotopic (exact) mass is 255 g/mol. The van der Waals surface area contributed by atoms with E-state index in [1.165, 1.54) is 12.7 Å². The molecule has 0 aromatic heterocycles. The van der Waals surface area contributed by atoms with Crippen LogP contribution in [0, 0.1) is 0 Å². The van der Waals surface area contributed by atoms with E-state index in [-0.39, 0.29) is 0 Å². The van der Waals surface area contributed by atoms with Gasteiger partial charge in [0.1, 0.15) is 24.1 Å². The zero-order valence-electron chi connectivity index (χ0n) is 10.4. The van der Waals surface area contributed by atoms with E-state index in [9.17, 15) is 0 Å². The molecule has 6 nitrogen and oxygen atoms in total. The van der Waals surface area contributed by atoms with E-state index < -0.39 is 5.66 Å². The van der Waals surface area contributed by atoms with Crippen molar-refractivity contribution in [2.45, 2.75) is 12.1 Å². The fourth-order valence-corrected chi connectivity index (χ4v) is 2.13. The molecule has 2 heterocycles. The predicted octanol–water partition coefficient (Wildman–Crippen LogP) is 0.816. The molecule has 19 heavy (non-hydrogen) atoms. The van der Waals surface area contributed by atoms with Gasteiger partial charge in [0, 0.05) is 6.42 Å². The van der Waals surface area contributed by atoms with Crippen LogP contribution < -0.4 is 10.5 Å². The van der Waals surface area contributed by atoms with Gasteiger partial charge in [-0.05, 0) is 17.7 Å². The summed E-state index contributed by atoms with van der Waals surface area (Å²) in [4.78, 5) is 16.6. The highest BCUT2D eigenvalue weighted by Crippen LogP contribution is 2.22. The van der Waals surface area contributed by atoms with Gasteiger partial charge in [-0.25, -0.2) is 20.0 Å². The van der Waals surface area contributed by atoms with Crippen LogP contribution >= 0.6 is 0 Å². The highest BCUT2D eigenvalue weighted by Gasteiger charge is 2.37. The van der Waals surface area contributed by atoms with Crippen molar-refractivity contribution in [3.05, 3.63) is 29.8 Å². The van der Waals surface area contributed by atoms with Gasteiger partial charge in [-0.1, -0.05) is 12.1 Å². The maximum atomic E-state index is 6.34. The summed E-state index contributed by atoms with van der Waals surface area (Å²) in [6.07, 6.45) is 3.41. The molecule has 0 amide bonds. The number of fused-ring (bicyclic) bond motifs is 1. The second-order valence-corrected chi connectivity index (χ2v) is 4.37. The quantitative estimate of drug-likeness (QED) is 0.866. The number of hydrogen-bond acceptors (Lipinski definition) is 6. The summed E-state index contributed by atoms with van der Waals surface area (Å²) < 4.78 is 5.21. The first-order valence-corrected chi connectivity index (χ1v) is 5.86. The molecule has 6 heteroatoms. The van der Waals surface area contributed by atoms with Gasteiger partial charge < -0.3 is 10.5 Å². The lowest BCUT2D eigenvalue weighted by Crippen LogP contribution is -2.52. The highest BCUT2D eigenvalue weighted by atomic mass is 16.5. The molecular formula is C13H13N5O. The Morgan fingerprint density at radius 1 is 1.26 bits per heavy atom. The fourth-order valence-electron chi connectivity index (χ4n) is 2.13. The second-order valence-electron chi connectivity index (χ2n) is 4.37. The van der Waals surface area contributed by atoms with E-state index in [1.807, 2.05) is 24.3 Å². The summed E-state index contributed by atoms with van der Waals surface area (Å²) >= 11 is 0. The normalized spacial score (nSPS) is 23.9. The molecule has 0 aliphatic carbocycles. The second kappa shape index (κ2) is 4.40. The summed E-state index contributed by atoms with van der Waals surface area (Å²) in [6.45, 7) is 0. The van der Waals surface area contributed by atoms with Gasteiger partial charge in [-0.2, -0.15) is 0 Å². The minimum Gasteiger partial charge on any atom is -0.497 e. The molecule has 0 radical (unpaired) electrons. The van der Waals surface area contributed by atoms with Gasteiger partial charge in [-0.3, -0.25) is 0 Å². The van der Waals surface area contributed by atoms with Crippen molar-refractivity contribution >= 4 is 24.2 Å². The van der Waals surface area contributed by atoms with Crippen molar-refractivity contribution in [3.8, 4) is 5.75 Å². The molecule has 2 aliphatic heterocycles. The van der Waals surface area contributed by atoms with E-state index in [1.54, 1.807) is 7.11 Å². The topological polar surface area (TPSA) is 84.7 Å². The number of hydrogen-bond donors (Lipinski definition) is 1. The Morgan fingerprint density at radius 3 is 3.00 bits per heavy atom. The van der Waals surface area contributed by atoms with Crippen molar-refractivity contribution in [3.63, 3.8) is 0 Å². The molecule has 1 aromatic carbocycles. The minimum absolute atomic E-state index is 0.516. The van der Waals surface area contributed by atoms with Gasteiger partial charge in [0.2, 0.25) is 0 Å². The van der Waals surface area contributed by atoms with Crippen LogP contribution in [0.1, 0.15) is 5.56 Å². The van der Waals surface area contributed by atoms with Crippen molar-refractivity contribution in [1.29, 1.82) is 0 Å². The minimum atomic E-state index is -0.917. The molecule has 0 saturated heterocycles. The van der Waals surface area contributed by atoms with Crippen LogP contribution in [0.3, 0.4) is 0 Å². The maximum absolute atomic E-state index is 6.34. The molecule has 1 aromatic rings. The number of nitrogens with zero attached hydrogens (tertiary/aromatic N) is 4. The third-order valence-corrected chi connectivity index (χ3v) is 3.06. The average molecular weight is 255 g/mol. The van der Waals surface area contributed by atoms with Crippen molar-refractivity contribution < 1.29 is 4.74 Å². The van der Waals surface area contributed by atoms with E-state index in [4.69, 9.17) is 10.5 Å². The summed E-state index contributed by atoms with van der Waals surface area (Å²) in [6, 6.07) is 7.73. The molecule has 0 fully saturated rings. The molecule has 1 atom stereocenters. The fraction of sp³-hybridized carbons (Fsp3) is 0.231. The van der Waals surface area contributed by atoms with Crippen molar-refractivity contribution in [1.82, 2.24) is 0 Å². The van der Waals surface area contributed by atoms with Crippen LogP contribution in [0.2, 0.25) is 0 Å². The van der Waals surface area contributed by atoms with Crippen LogP contribution in [0.5, 0.6) is 5.75 Å². The molecule has 1 unspecified atom stereocenters. The lowest BCUT2D eigenvalue weighted by atomic mass is 9.94. The van der Waals surface area contributed by atoms with Crippen LogP contribution in [0.15, 0.2) is 44.2 Å². The highest BCUT2D eigenvalue weighted by molar-refractivity contribution is 6.50. The molecule has 0 spiro atoms. The predicted molar refractivity (Wildman–Crippen MR) is 75.5 cm³/mol. The third kappa shape index (κ3) is 2.06. The first kappa shape index (κ1) is 11.7. The smallest absolute Gasteiger partial charge is 0.180 e. The Labute approximate surface area is 110 Å². The van der Waals surface area contributed by atoms with Gasteiger partial charge in [-0.15, -0.1) is 0 Å². The van der Waals surface area contributed by atoms with Crippen LogP contribution in [-0.4, -0.2) is 37.0 Å². The molecule has 96 valence electrons. The summed E-state index contributed by atoms with van der Waals surface area (Å²) in [5.74, 6) is 1.33. The number of benzene rings is 1. The number of nitrogens with two attached hydrogens (primary N) is 1. The summed E-state index contributed by atoms with van der Waals surface area (Å²) in [7, 11) is 1.63. The van der Waals surface area contributed by atoms with Gasteiger partial charge in [0.15, 0.2) is 11.5 Å². The molecule has 2 aliphatic rings. The Hall–Kier alpha value is -2.34. The Balaban J connectivity index is 1.90. The Morgan fingerprint density at radius 2 is 2.16 bits per heavy atom. The zero-order valence-corrected chi connectivity index (χ0v) is 10.4. The zero-order chi connectivity index (χ0) is 13.3. The number of rotatable bonds is 3. The molecule has 0 saturated carbocycles. The van der Waals surface area contributed by atoms with Crippen molar-refractivity contribution in [2.75, 3.05) is 7.11 Å². The van der Waals surface area contributed by atoms with Crippen LogP contribution in [0.4, 0.5) is 0 Å². The molecule has 0 bridgehead atoms. The molecular weight excluding hydrogens is 242 g/mol. The molecule has 2 N–H and O–H groups in total. The Bertz CT molecular complexity index is 632. The maximum Gasteiger partial charge on any atom is 0.180 e. The largest absolute Gasteiger partial charge is 0.497 e. The van der Waals surface area contributed by atoms with Crippen LogP contribution in [-0.2, 0) is 6.42 Å². The van der Waals surface area contributed by atoms with Gasteiger partial charge in [0.25, 0.3) is 0 Å². The van der Waals surface area contributed by atoms with Gasteiger partial charge >= 0.3 is 0 Å². The molecule has 3 rings (SSSR count). The van der Waals surface area contributed by atoms with E-state index in [0.717, 1.165) is 11.3 Å². The average Bonchev–Trinajstić information content (AvgIpc) is 2.89. The third-order valence-electron chi connectivity index (χ3n) is 3.06. The number of aliphatic imine (C=N–C) groups is 4. The first-order valence-electron chi connectivity index (χ1n) is 5.86. The van der Waals surface area contributed by atoms with Crippen molar-refractivity contribution in [2.24, 2.45) is 25.7 Å². The summed E-state index contributed by atoms with van der Waals surface area (Å²) in [5.41, 5.74) is 7.05. The van der Waals surface area contributed by atoms with Crippen LogP contribution in [0.25, 0.3) is 0 Å². The summed E-state index contributed by atoms with van der Waals surface area (Å²) in [5, 5.41) is 0. The number of ether oxygens (including phenoxy) is 1. The van der Waals surface area contributed by atoms with E-state index >= 15 is 0 Å². The van der Waals surface area contributed by atoms with E-state index in [0.29, 0.717) is 18.0 Å². The lowest BCUT2D eigenvalue weighted by molar-refractivity contribution is 0.414.